The Bertz CT molecular complexity index is 561. The van der Waals surface area contributed by atoms with Crippen LogP contribution in [0.2, 0.25) is 0 Å². The first-order valence-electron chi connectivity index (χ1n) is 5.79. The highest BCUT2D eigenvalue weighted by atomic mass is 16.1. The largest absolute Gasteiger partial charge is 0.322 e. The van der Waals surface area contributed by atoms with Crippen molar-refractivity contribution in [3.63, 3.8) is 0 Å². The van der Waals surface area contributed by atoms with Gasteiger partial charge in [0.2, 0.25) is 0 Å². The highest BCUT2D eigenvalue weighted by Gasteiger charge is 2.04. The Morgan fingerprint density at radius 3 is 2.17 bits per heavy atom. The van der Waals surface area contributed by atoms with Gasteiger partial charge in [-0.15, -0.1) is 0 Å². The molecule has 0 aliphatic heterocycles. The fourth-order valence-electron chi connectivity index (χ4n) is 1.63. The molecule has 1 N–H and O–H groups in total. The molecule has 0 atom stereocenters. The molecule has 0 saturated carbocycles. The Balaban J connectivity index is 0.00000180. The van der Waals surface area contributed by atoms with Gasteiger partial charge in [-0.2, -0.15) is 0 Å². The van der Waals surface area contributed by atoms with Crippen LogP contribution in [-0.4, -0.2) is 5.91 Å². The predicted octanol–water partition coefficient (Wildman–Crippen LogP) is 4.22. The van der Waals surface area contributed by atoms with Crippen LogP contribution in [-0.2, 0) is 0 Å². The molecule has 0 aromatic heterocycles. The van der Waals surface area contributed by atoms with Crippen LogP contribution in [0.5, 0.6) is 0 Å². The minimum atomic E-state index is -0.0984. The zero-order valence-electron chi connectivity index (χ0n) is 10.3. The molecule has 2 rings (SSSR count). The first-order chi connectivity index (χ1) is 8.66. The molecule has 0 aliphatic carbocycles. The predicted molar refractivity (Wildman–Crippen MR) is 77.7 cm³/mol. The van der Waals surface area contributed by atoms with Gasteiger partial charge < -0.3 is 5.32 Å². The van der Waals surface area contributed by atoms with Gasteiger partial charge in [-0.25, -0.2) is 0 Å². The summed E-state index contributed by atoms with van der Waals surface area (Å²) < 4.78 is 0. The minimum Gasteiger partial charge on any atom is -0.322 e. The first-order valence-corrected chi connectivity index (χ1v) is 5.79. The minimum absolute atomic E-state index is 0. The van der Waals surface area contributed by atoms with Crippen molar-refractivity contribution in [2.45, 2.75) is 6.92 Å². The zero-order valence-corrected chi connectivity index (χ0v) is 10.3. The van der Waals surface area contributed by atoms with Gasteiger partial charge in [0.05, 0.1) is 0 Å². The smallest absolute Gasteiger partial charge is 0.255 e. The monoisotopic (exact) mass is 239 g/mol. The number of hydrogen-bond donors (Lipinski definition) is 1. The average Bonchev–Trinajstić information content (AvgIpc) is 2.40. The maximum atomic E-state index is 11.9. The van der Waals surface area contributed by atoms with Crippen molar-refractivity contribution in [1.29, 1.82) is 0 Å². The van der Waals surface area contributed by atoms with E-state index in [0.29, 0.717) is 5.56 Å². The van der Waals surface area contributed by atoms with Crippen LogP contribution in [0.25, 0.3) is 5.57 Å². The van der Waals surface area contributed by atoms with Crippen LogP contribution >= 0.6 is 0 Å². The number of rotatable bonds is 3. The zero-order chi connectivity index (χ0) is 13.0. The molecule has 0 unspecified atom stereocenters. The van der Waals surface area contributed by atoms with E-state index in [1.54, 1.807) is 12.1 Å². The number of hydrogen-bond acceptors (Lipinski definition) is 1. The maximum Gasteiger partial charge on any atom is 0.255 e. The Kier molecular flexibility index (Phi) is 3.58. The van der Waals surface area contributed by atoms with Gasteiger partial charge >= 0.3 is 0 Å². The van der Waals surface area contributed by atoms with Crippen molar-refractivity contribution < 1.29 is 6.22 Å². The summed E-state index contributed by atoms with van der Waals surface area (Å²) in [5.41, 5.74) is 3.53. The van der Waals surface area contributed by atoms with Crippen molar-refractivity contribution in [2.75, 3.05) is 5.32 Å². The number of nitrogens with one attached hydrogen (secondary N) is 1. The summed E-state index contributed by atoms with van der Waals surface area (Å²) in [6.45, 7) is 5.83. The Labute approximate surface area is 108 Å². The molecule has 18 heavy (non-hydrogen) atoms. The highest BCUT2D eigenvalue weighted by molar-refractivity contribution is 6.04. The molecule has 0 aliphatic rings. The molecule has 2 aromatic carbocycles. The van der Waals surface area contributed by atoms with E-state index in [1.165, 1.54) is 0 Å². The van der Waals surface area contributed by atoms with Gasteiger partial charge in [0.25, 0.3) is 5.91 Å². The SMILES string of the molecule is C=C(C)c1ccc(NC(=O)c2ccccc2)cc1.[HH]. The first kappa shape index (κ1) is 12.1. The number of benzene rings is 2. The van der Waals surface area contributed by atoms with Gasteiger partial charge in [-0.1, -0.05) is 42.5 Å². The molecule has 2 aromatic rings. The van der Waals surface area contributed by atoms with E-state index in [1.807, 2.05) is 49.4 Å². The standard InChI is InChI=1S/C16H15NO.H2/c1-12(2)13-8-10-15(11-9-13)17-16(18)14-6-4-3-5-7-14;/h3-11H,1H2,2H3,(H,17,18);1H. The second kappa shape index (κ2) is 5.32. The fourth-order valence-corrected chi connectivity index (χ4v) is 1.63. The van der Waals surface area contributed by atoms with Crippen LogP contribution in [0.1, 0.15) is 24.3 Å². The van der Waals surface area contributed by atoms with Crippen molar-refractivity contribution in [3.8, 4) is 0 Å². The van der Waals surface area contributed by atoms with Crippen molar-refractivity contribution in [3.05, 3.63) is 72.3 Å². The van der Waals surface area contributed by atoms with Gasteiger partial charge in [0.15, 0.2) is 0 Å². The summed E-state index contributed by atoms with van der Waals surface area (Å²) in [7, 11) is 0. The molecule has 2 nitrogen and oxygen atoms in total. The average molecular weight is 239 g/mol. The highest BCUT2D eigenvalue weighted by Crippen LogP contribution is 2.16. The fraction of sp³-hybridized carbons (Fsp3) is 0.0625. The molecule has 0 radical (unpaired) electrons. The van der Waals surface area contributed by atoms with E-state index in [-0.39, 0.29) is 7.33 Å². The van der Waals surface area contributed by atoms with Crippen LogP contribution in [0.3, 0.4) is 0 Å². The number of carbonyl (C=O) groups excluding carboxylic acids is 1. The number of amides is 1. The maximum absolute atomic E-state index is 11.9. The molecule has 2 heteroatoms. The topological polar surface area (TPSA) is 29.1 Å². The molecule has 1 amide bonds. The lowest BCUT2D eigenvalue weighted by Gasteiger charge is -2.06. The molecule has 0 fully saturated rings. The third-order valence-corrected chi connectivity index (χ3v) is 2.67. The Morgan fingerprint density at radius 2 is 1.61 bits per heavy atom. The van der Waals surface area contributed by atoms with E-state index in [0.717, 1.165) is 16.8 Å². The summed E-state index contributed by atoms with van der Waals surface area (Å²) in [5, 5.41) is 2.86. The molecular weight excluding hydrogens is 222 g/mol. The second-order valence-corrected chi connectivity index (χ2v) is 4.18. The van der Waals surface area contributed by atoms with Crippen molar-refractivity contribution in [1.82, 2.24) is 0 Å². The Hall–Kier alpha value is -2.35. The number of anilines is 1. The van der Waals surface area contributed by atoms with E-state index >= 15 is 0 Å². The number of carbonyl (C=O) groups is 1. The van der Waals surface area contributed by atoms with E-state index in [4.69, 9.17) is 0 Å². The molecule has 92 valence electrons. The van der Waals surface area contributed by atoms with Gasteiger partial charge in [-0.05, 0) is 36.8 Å². The van der Waals surface area contributed by atoms with Crippen LogP contribution in [0, 0.1) is 0 Å². The lowest BCUT2D eigenvalue weighted by atomic mass is 10.1. The summed E-state index contributed by atoms with van der Waals surface area (Å²) >= 11 is 0. The summed E-state index contributed by atoms with van der Waals surface area (Å²) in [4.78, 5) is 11.9. The third kappa shape index (κ3) is 2.86. The van der Waals surface area contributed by atoms with Crippen molar-refractivity contribution in [2.24, 2.45) is 0 Å². The Morgan fingerprint density at radius 1 is 1.00 bits per heavy atom. The van der Waals surface area contributed by atoms with E-state index in [9.17, 15) is 4.79 Å². The van der Waals surface area contributed by atoms with Crippen molar-refractivity contribution >= 4 is 17.2 Å². The summed E-state index contributed by atoms with van der Waals surface area (Å²) in [6, 6.07) is 16.8. The van der Waals surface area contributed by atoms with Crippen LogP contribution < -0.4 is 5.32 Å². The summed E-state index contributed by atoms with van der Waals surface area (Å²) in [5.74, 6) is -0.0984. The van der Waals surface area contributed by atoms with Crippen LogP contribution in [0.15, 0.2) is 61.2 Å². The third-order valence-electron chi connectivity index (χ3n) is 2.67. The molecule has 0 heterocycles. The normalized spacial score (nSPS) is 9.83. The molecule has 0 spiro atoms. The van der Waals surface area contributed by atoms with Crippen LogP contribution in [0.4, 0.5) is 5.69 Å². The van der Waals surface area contributed by atoms with Gasteiger partial charge in [0.1, 0.15) is 0 Å². The van der Waals surface area contributed by atoms with Gasteiger partial charge in [0, 0.05) is 12.7 Å². The summed E-state index contributed by atoms with van der Waals surface area (Å²) in [6.07, 6.45) is 0. The molecule has 0 saturated heterocycles. The molecular formula is C16H17NO. The van der Waals surface area contributed by atoms with Gasteiger partial charge in [-0.3, -0.25) is 4.79 Å². The second-order valence-electron chi connectivity index (χ2n) is 4.18. The lowest BCUT2D eigenvalue weighted by Crippen LogP contribution is -2.11. The lowest BCUT2D eigenvalue weighted by molar-refractivity contribution is 0.102. The number of allylic oxidation sites excluding steroid dienone is 1. The molecule has 0 bridgehead atoms. The van der Waals surface area contributed by atoms with E-state index < -0.39 is 0 Å². The quantitative estimate of drug-likeness (QED) is 0.853. The van der Waals surface area contributed by atoms with E-state index in [2.05, 4.69) is 11.9 Å².